The summed E-state index contributed by atoms with van der Waals surface area (Å²) in [5.74, 6) is 4.63. The van der Waals surface area contributed by atoms with Gasteiger partial charge in [0.15, 0.2) is 22.6 Å². The van der Waals surface area contributed by atoms with Crippen LogP contribution >= 0.6 is 0 Å². The van der Waals surface area contributed by atoms with E-state index in [0.717, 1.165) is 28.7 Å². The van der Waals surface area contributed by atoms with E-state index in [0.29, 0.717) is 0 Å². The van der Waals surface area contributed by atoms with Crippen LogP contribution in [-0.4, -0.2) is 0 Å². The van der Waals surface area contributed by atoms with Gasteiger partial charge in [-0.25, -0.2) is 0 Å². The number of benzene rings is 3. The second kappa shape index (κ2) is 7.42. The fourth-order valence-electron chi connectivity index (χ4n) is 8.67. The summed E-state index contributed by atoms with van der Waals surface area (Å²) < 4.78 is 18.8. The van der Waals surface area contributed by atoms with Gasteiger partial charge in [-0.05, 0) is 52.3 Å². The third-order valence-corrected chi connectivity index (χ3v) is 10.9. The molecule has 3 aromatic carbocycles. The molecule has 0 amide bonds. The van der Waals surface area contributed by atoms with Gasteiger partial charge in [0, 0.05) is 28.7 Å². The topological polar surface area (TPSA) is 29.5 Å². The number of ether oxygens (including phenoxy) is 2. The van der Waals surface area contributed by atoms with Crippen molar-refractivity contribution in [3.05, 3.63) is 112 Å². The number of para-hydroxylation sites is 1. The Hall–Kier alpha value is -4.64. The van der Waals surface area contributed by atoms with Gasteiger partial charge < -0.3 is 9.47 Å². The Labute approximate surface area is 264 Å². The molecule has 5 aromatic rings. The van der Waals surface area contributed by atoms with Gasteiger partial charge in [-0.3, -0.25) is 0 Å². The first kappa shape index (κ1) is 25.7. The summed E-state index contributed by atoms with van der Waals surface area (Å²) in [6.07, 6.45) is 0. The molecule has 5 nitrogen and oxygen atoms in total. The largest absolute Gasteiger partial charge is 0.455 e. The van der Waals surface area contributed by atoms with E-state index in [4.69, 9.17) is 9.47 Å². The molecule has 5 heteroatoms. The first-order valence-electron chi connectivity index (χ1n) is 16.1. The Balaban J connectivity index is 1.49. The van der Waals surface area contributed by atoms with Gasteiger partial charge in [0.1, 0.15) is 17.2 Å². The van der Waals surface area contributed by atoms with Crippen LogP contribution < -0.4 is 23.5 Å². The zero-order valence-electron chi connectivity index (χ0n) is 27.2. The van der Waals surface area contributed by atoms with Gasteiger partial charge in [-0.1, -0.05) is 85.7 Å². The lowest BCUT2D eigenvalue weighted by Crippen LogP contribution is -2.75. The van der Waals surface area contributed by atoms with Crippen molar-refractivity contribution in [3.8, 4) is 34.5 Å². The minimum atomic E-state index is -0.704. The third-order valence-electron chi connectivity index (χ3n) is 10.9. The molecule has 0 aliphatic carbocycles. The summed E-state index contributed by atoms with van der Waals surface area (Å²) in [5, 5.41) is 0. The van der Waals surface area contributed by atoms with Crippen molar-refractivity contribution in [1.29, 1.82) is 0 Å². The number of anilines is 3. The number of pyridine rings is 2. The first-order chi connectivity index (χ1) is 21.3. The van der Waals surface area contributed by atoms with Crippen LogP contribution in [0.5, 0.6) is 23.1 Å². The maximum atomic E-state index is 6.90. The normalized spacial score (nSPS) is 19.7. The van der Waals surface area contributed by atoms with Crippen molar-refractivity contribution >= 4 is 17.2 Å². The highest BCUT2D eigenvalue weighted by Gasteiger charge is 2.74. The van der Waals surface area contributed by atoms with E-state index in [9.17, 15) is 0 Å². The molecule has 2 aromatic heterocycles. The number of nitrogens with zero attached hydrogens (tertiary/aromatic N) is 3. The Morgan fingerprint density at radius 3 is 2.00 bits per heavy atom. The molecule has 0 saturated heterocycles. The van der Waals surface area contributed by atoms with Crippen molar-refractivity contribution in [2.75, 3.05) is 4.90 Å². The lowest BCUT2D eigenvalue weighted by molar-refractivity contribution is -0.936. The monoisotopic (exact) mass is 591 g/mol. The smallest absolute Gasteiger partial charge is 0.381 e. The van der Waals surface area contributed by atoms with Crippen LogP contribution in [0.3, 0.4) is 0 Å². The number of fused-ring (bicyclic) bond motifs is 4. The van der Waals surface area contributed by atoms with E-state index in [1.165, 1.54) is 56.4 Å². The lowest BCUT2D eigenvalue weighted by atomic mass is 9.70. The number of hydrogen-bond donors (Lipinski definition) is 0. The molecule has 0 N–H and O–H groups in total. The summed E-state index contributed by atoms with van der Waals surface area (Å²) >= 11 is 0. The van der Waals surface area contributed by atoms with E-state index in [1.807, 2.05) is 0 Å². The molecule has 1 spiro atoms. The number of hydrogen-bond acceptors (Lipinski definition) is 3. The van der Waals surface area contributed by atoms with Crippen LogP contribution in [0.4, 0.5) is 17.2 Å². The molecule has 1 unspecified atom stereocenters. The molecule has 1 atom stereocenters. The van der Waals surface area contributed by atoms with E-state index in [1.54, 1.807) is 0 Å². The Morgan fingerprint density at radius 1 is 0.622 bits per heavy atom. The minimum Gasteiger partial charge on any atom is -0.455 e. The molecule has 5 aliphatic heterocycles. The van der Waals surface area contributed by atoms with Crippen molar-refractivity contribution in [1.82, 2.24) is 0 Å². The summed E-state index contributed by atoms with van der Waals surface area (Å²) in [4.78, 5) is 2.53. The average molecular weight is 592 g/mol. The van der Waals surface area contributed by atoms with Gasteiger partial charge in [-0.15, -0.1) is 9.13 Å². The standard InChI is InChI=1S/C40H37N3O2/c1-37(2,3)22-18-27-28-19-23(38(4,5)6)21-33-43(28)40-34-29(14-11-15-30(34)45-33)44-31-17-16-25-36(35(31)40)41(32(20-22)42(27)40)26-13-10-9-12-24(26)39(25,7)8/h9-21H,1-8H3/q+2. The molecule has 10 rings (SSSR count). The molecule has 0 bridgehead atoms. The van der Waals surface area contributed by atoms with Gasteiger partial charge >= 0.3 is 11.5 Å². The van der Waals surface area contributed by atoms with E-state index < -0.39 is 5.66 Å². The molecule has 45 heavy (non-hydrogen) atoms. The zero-order valence-corrected chi connectivity index (χ0v) is 27.2. The van der Waals surface area contributed by atoms with Crippen molar-refractivity contribution in [2.45, 2.75) is 77.3 Å². The third kappa shape index (κ3) is 2.75. The van der Waals surface area contributed by atoms with Crippen LogP contribution in [0.1, 0.15) is 88.8 Å². The summed E-state index contributed by atoms with van der Waals surface area (Å²) in [6.45, 7) is 18.5. The second-order valence-electron chi connectivity index (χ2n) is 15.9. The minimum absolute atomic E-state index is 0.0629. The predicted molar refractivity (Wildman–Crippen MR) is 175 cm³/mol. The van der Waals surface area contributed by atoms with Crippen molar-refractivity contribution < 1.29 is 18.6 Å². The van der Waals surface area contributed by atoms with Crippen molar-refractivity contribution in [3.63, 3.8) is 0 Å². The van der Waals surface area contributed by atoms with Gasteiger partial charge in [0.05, 0.1) is 6.07 Å². The van der Waals surface area contributed by atoms with Crippen molar-refractivity contribution in [2.24, 2.45) is 0 Å². The molecule has 0 saturated carbocycles. The van der Waals surface area contributed by atoms with E-state index in [2.05, 4.69) is 148 Å². The molecular weight excluding hydrogens is 554 g/mol. The molecule has 7 heterocycles. The fraction of sp³-hybridized carbons (Fsp3) is 0.300. The maximum Gasteiger partial charge on any atom is 0.381 e. The maximum absolute atomic E-state index is 6.90. The molecule has 0 radical (unpaired) electrons. The molecule has 222 valence electrons. The van der Waals surface area contributed by atoms with Gasteiger partial charge in [0.2, 0.25) is 5.69 Å². The predicted octanol–water partition coefficient (Wildman–Crippen LogP) is 8.77. The SMILES string of the molecule is CC(C)(C)c1cc2[n+]3c(c1)-c1cc(C(C)(C)C)cc4[n+]1C31c3c(cccc3O2)Oc2ccc3c(c21)N4c1ccccc1C3(C)C. The highest BCUT2D eigenvalue weighted by molar-refractivity contribution is 5.90. The Kier molecular flexibility index (Phi) is 4.23. The summed E-state index contributed by atoms with van der Waals surface area (Å²) in [5.41, 5.74) is 11.2. The van der Waals surface area contributed by atoms with Gasteiger partial charge in [-0.2, -0.15) is 4.90 Å². The Morgan fingerprint density at radius 2 is 1.27 bits per heavy atom. The Bertz CT molecular complexity index is 2230. The van der Waals surface area contributed by atoms with Crippen LogP contribution in [-0.2, 0) is 21.9 Å². The van der Waals surface area contributed by atoms with Crippen LogP contribution in [0.15, 0.2) is 78.9 Å². The average Bonchev–Trinajstić information content (AvgIpc) is 3.28. The number of rotatable bonds is 0. The van der Waals surface area contributed by atoms with Crippen LogP contribution in [0.25, 0.3) is 11.4 Å². The second-order valence-corrected chi connectivity index (χ2v) is 15.9. The molecular formula is C40H37N3O2+2. The zero-order chi connectivity index (χ0) is 31.0. The lowest BCUT2D eigenvalue weighted by Gasteiger charge is -2.45. The van der Waals surface area contributed by atoms with E-state index >= 15 is 0 Å². The highest BCUT2D eigenvalue weighted by atomic mass is 16.5. The fourth-order valence-corrected chi connectivity index (χ4v) is 8.67. The van der Waals surface area contributed by atoms with Crippen LogP contribution in [0, 0.1) is 0 Å². The highest BCUT2D eigenvalue weighted by Crippen LogP contribution is 2.64. The summed E-state index contributed by atoms with van der Waals surface area (Å²) in [7, 11) is 0. The molecule has 5 aliphatic rings. The molecule has 0 fully saturated rings. The quantitative estimate of drug-likeness (QED) is 0.165. The summed E-state index contributed by atoms with van der Waals surface area (Å²) in [6, 6.07) is 29.3. The first-order valence-corrected chi connectivity index (χ1v) is 16.1. The van der Waals surface area contributed by atoms with Gasteiger partial charge in [0.25, 0.3) is 11.5 Å². The number of aromatic nitrogens is 2. The van der Waals surface area contributed by atoms with Crippen LogP contribution in [0.2, 0.25) is 0 Å². The van der Waals surface area contributed by atoms with E-state index in [-0.39, 0.29) is 16.2 Å².